The third-order valence-corrected chi connectivity index (χ3v) is 4.41. The minimum atomic E-state index is -0.129. The van der Waals surface area contributed by atoms with Gasteiger partial charge in [-0.15, -0.1) is 0 Å². The van der Waals surface area contributed by atoms with E-state index in [-0.39, 0.29) is 5.97 Å². The molecular formula is C17H22N2O2. The maximum Gasteiger partial charge on any atom is 0.311 e. The minimum Gasteiger partial charge on any atom is -0.426 e. The van der Waals surface area contributed by atoms with Gasteiger partial charge in [-0.2, -0.15) is 0 Å². The number of carbonyl (C=O) groups excluding carboxylic acids is 1. The summed E-state index contributed by atoms with van der Waals surface area (Å²) in [6, 6.07) is 5.60. The Labute approximate surface area is 125 Å². The van der Waals surface area contributed by atoms with Crippen LogP contribution in [0.5, 0.6) is 5.75 Å². The van der Waals surface area contributed by atoms with Gasteiger partial charge in [-0.05, 0) is 24.5 Å². The van der Waals surface area contributed by atoms with Gasteiger partial charge in [-0.25, -0.2) is 4.98 Å². The summed E-state index contributed by atoms with van der Waals surface area (Å²) in [5.41, 5.74) is 1.90. The molecule has 1 aromatic heterocycles. The van der Waals surface area contributed by atoms with Crippen LogP contribution in [0, 0.1) is 5.92 Å². The summed E-state index contributed by atoms with van der Waals surface area (Å²) >= 11 is 0. The summed E-state index contributed by atoms with van der Waals surface area (Å²) in [6.07, 6.45) is 9.77. The molecule has 0 amide bonds. The lowest BCUT2D eigenvalue weighted by Gasteiger charge is -2.20. The molecule has 2 aromatic rings. The second-order valence-electron chi connectivity index (χ2n) is 6.02. The van der Waals surface area contributed by atoms with Gasteiger partial charge < -0.3 is 9.30 Å². The molecule has 1 fully saturated rings. The van der Waals surface area contributed by atoms with Gasteiger partial charge in [0.25, 0.3) is 0 Å². The fourth-order valence-electron chi connectivity index (χ4n) is 3.16. The van der Waals surface area contributed by atoms with Crippen molar-refractivity contribution in [3.63, 3.8) is 0 Å². The van der Waals surface area contributed by atoms with Gasteiger partial charge in [-0.1, -0.05) is 32.1 Å². The molecule has 4 heteroatoms. The topological polar surface area (TPSA) is 44.1 Å². The highest BCUT2D eigenvalue weighted by molar-refractivity contribution is 5.79. The van der Waals surface area contributed by atoms with Crippen molar-refractivity contribution in [2.75, 3.05) is 0 Å². The van der Waals surface area contributed by atoms with E-state index < -0.39 is 0 Å². The van der Waals surface area contributed by atoms with Crippen LogP contribution in [0.4, 0.5) is 0 Å². The molecule has 0 N–H and O–H groups in total. The van der Waals surface area contributed by atoms with Crippen molar-refractivity contribution in [1.82, 2.24) is 9.55 Å². The van der Waals surface area contributed by atoms with Crippen LogP contribution >= 0.6 is 0 Å². The predicted molar refractivity (Wildman–Crippen MR) is 82.2 cm³/mol. The minimum absolute atomic E-state index is 0.129. The summed E-state index contributed by atoms with van der Waals surface area (Å²) in [5, 5.41) is 0. The SMILES string of the molecule is Cn1cnc2cc(OC(=O)CCC3CCCCC3)ccc21. The highest BCUT2D eigenvalue weighted by atomic mass is 16.5. The molecule has 1 saturated carbocycles. The van der Waals surface area contributed by atoms with Crippen molar-refractivity contribution < 1.29 is 9.53 Å². The Kier molecular flexibility index (Phi) is 4.23. The Morgan fingerprint density at radius 1 is 1.33 bits per heavy atom. The molecule has 0 unspecified atom stereocenters. The number of ether oxygens (including phenoxy) is 1. The van der Waals surface area contributed by atoms with Crippen molar-refractivity contribution in [3.05, 3.63) is 24.5 Å². The lowest BCUT2D eigenvalue weighted by atomic mass is 9.86. The first-order chi connectivity index (χ1) is 10.2. The van der Waals surface area contributed by atoms with Crippen LogP contribution in [0.3, 0.4) is 0 Å². The smallest absolute Gasteiger partial charge is 0.311 e. The second-order valence-corrected chi connectivity index (χ2v) is 6.02. The number of rotatable bonds is 4. The van der Waals surface area contributed by atoms with Crippen molar-refractivity contribution in [2.45, 2.75) is 44.9 Å². The highest BCUT2D eigenvalue weighted by Gasteiger charge is 2.15. The Bertz CT molecular complexity index is 627. The summed E-state index contributed by atoms with van der Waals surface area (Å²) in [7, 11) is 1.95. The zero-order chi connectivity index (χ0) is 14.7. The van der Waals surface area contributed by atoms with Crippen molar-refractivity contribution in [2.24, 2.45) is 13.0 Å². The summed E-state index contributed by atoms with van der Waals surface area (Å²) in [4.78, 5) is 16.2. The lowest BCUT2D eigenvalue weighted by molar-refractivity contribution is -0.134. The quantitative estimate of drug-likeness (QED) is 0.633. The van der Waals surface area contributed by atoms with E-state index in [1.165, 1.54) is 32.1 Å². The maximum atomic E-state index is 11.9. The van der Waals surface area contributed by atoms with E-state index in [0.29, 0.717) is 18.1 Å². The van der Waals surface area contributed by atoms with Crippen LogP contribution < -0.4 is 4.74 Å². The average molecular weight is 286 g/mol. The number of imidazole rings is 1. The predicted octanol–water partition coefficient (Wildman–Crippen LogP) is 3.84. The molecule has 3 rings (SSSR count). The first-order valence-electron chi connectivity index (χ1n) is 7.84. The van der Waals surface area contributed by atoms with E-state index in [9.17, 15) is 4.79 Å². The van der Waals surface area contributed by atoms with Gasteiger partial charge in [0.05, 0.1) is 17.4 Å². The van der Waals surface area contributed by atoms with Gasteiger partial charge in [0.2, 0.25) is 0 Å². The van der Waals surface area contributed by atoms with Gasteiger partial charge >= 0.3 is 5.97 Å². The molecule has 0 spiro atoms. The molecule has 1 aromatic carbocycles. The van der Waals surface area contributed by atoms with Crippen LogP contribution in [0.25, 0.3) is 11.0 Å². The van der Waals surface area contributed by atoms with E-state index >= 15 is 0 Å². The molecule has 0 atom stereocenters. The molecule has 0 saturated heterocycles. The number of aryl methyl sites for hydroxylation is 1. The number of nitrogens with zero attached hydrogens (tertiary/aromatic N) is 2. The normalized spacial score (nSPS) is 16.2. The first-order valence-corrected chi connectivity index (χ1v) is 7.84. The number of hydrogen-bond donors (Lipinski definition) is 0. The van der Waals surface area contributed by atoms with Crippen molar-refractivity contribution in [1.29, 1.82) is 0 Å². The number of benzene rings is 1. The Balaban J connectivity index is 1.55. The largest absolute Gasteiger partial charge is 0.426 e. The van der Waals surface area contributed by atoms with E-state index in [1.807, 2.05) is 29.8 Å². The van der Waals surface area contributed by atoms with Gasteiger partial charge in [0.15, 0.2) is 0 Å². The standard InChI is InChI=1S/C17H22N2O2/c1-19-12-18-15-11-14(8-9-16(15)19)21-17(20)10-7-13-5-3-2-4-6-13/h8-9,11-13H,2-7,10H2,1H3. The summed E-state index contributed by atoms with van der Waals surface area (Å²) in [5.74, 6) is 1.18. The molecule has 4 nitrogen and oxygen atoms in total. The molecule has 0 radical (unpaired) electrons. The number of carbonyl (C=O) groups is 1. The number of esters is 1. The molecule has 21 heavy (non-hydrogen) atoms. The molecule has 0 aliphatic heterocycles. The van der Waals surface area contributed by atoms with E-state index in [1.54, 1.807) is 6.33 Å². The van der Waals surface area contributed by atoms with Crippen molar-refractivity contribution >= 4 is 17.0 Å². The molecule has 1 aliphatic rings. The van der Waals surface area contributed by atoms with Gasteiger partial charge in [-0.3, -0.25) is 4.79 Å². The van der Waals surface area contributed by atoms with Crippen molar-refractivity contribution in [3.8, 4) is 5.75 Å². The number of fused-ring (bicyclic) bond motifs is 1. The van der Waals surface area contributed by atoms with E-state index in [0.717, 1.165) is 17.5 Å². The van der Waals surface area contributed by atoms with Crippen LogP contribution in [0.15, 0.2) is 24.5 Å². The molecule has 112 valence electrons. The Morgan fingerprint density at radius 3 is 2.95 bits per heavy atom. The number of hydrogen-bond acceptors (Lipinski definition) is 3. The Morgan fingerprint density at radius 2 is 2.14 bits per heavy atom. The zero-order valence-corrected chi connectivity index (χ0v) is 12.5. The molecule has 1 aliphatic carbocycles. The van der Waals surface area contributed by atoms with Crippen LogP contribution in [0.1, 0.15) is 44.9 Å². The number of aromatic nitrogens is 2. The average Bonchev–Trinajstić information content (AvgIpc) is 2.87. The fraction of sp³-hybridized carbons (Fsp3) is 0.529. The highest BCUT2D eigenvalue weighted by Crippen LogP contribution is 2.27. The van der Waals surface area contributed by atoms with Crippen LogP contribution in [0.2, 0.25) is 0 Å². The fourth-order valence-corrected chi connectivity index (χ4v) is 3.16. The second kappa shape index (κ2) is 6.29. The molecule has 1 heterocycles. The monoisotopic (exact) mass is 286 g/mol. The van der Waals surface area contributed by atoms with Crippen LogP contribution in [-0.4, -0.2) is 15.5 Å². The third-order valence-electron chi connectivity index (χ3n) is 4.41. The molecule has 0 bridgehead atoms. The van der Waals surface area contributed by atoms with E-state index in [4.69, 9.17) is 4.74 Å². The summed E-state index contributed by atoms with van der Waals surface area (Å²) < 4.78 is 7.38. The van der Waals surface area contributed by atoms with Crippen LogP contribution in [-0.2, 0) is 11.8 Å². The Hall–Kier alpha value is -1.84. The van der Waals surface area contributed by atoms with Gasteiger partial charge in [0, 0.05) is 19.5 Å². The zero-order valence-electron chi connectivity index (χ0n) is 12.5. The molecular weight excluding hydrogens is 264 g/mol. The third kappa shape index (κ3) is 3.43. The maximum absolute atomic E-state index is 11.9. The van der Waals surface area contributed by atoms with E-state index in [2.05, 4.69) is 4.98 Å². The first kappa shape index (κ1) is 14.1. The lowest BCUT2D eigenvalue weighted by Crippen LogP contribution is -2.12. The summed E-state index contributed by atoms with van der Waals surface area (Å²) in [6.45, 7) is 0. The van der Waals surface area contributed by atoms with Gasteiger partial charge in [0.1, 0.15) is 5.75 Å².